The van der Waals surface area contributed by atoms with Crippen LogP contribution in [-0.4, -0.2) is 40.8 Å². The molecule has 3 rings (SSSR count). The van der Waals surface area contributed by atoms with Crippen molar-refractivity contribution in [1.82, 2.24) is 5.43 Å². The molecule has 2 aromatic carbocycles. The van der Waals surface area contributed by atoms with Gasteiger partial charge in [0.15, 0.2) is 11.5 Å². The molecule has 8 nitrogen and oxygen atoms in total. The average molecular weight is 460 g/mol. The summed E-state index contributed by atoms with van der Waals surface area (Å²) in [5, 5.41) is 4.21. The van der Waals surface area contributed by atoms with Crippen molar-refractivity contribution in [3.05, 3.63) is 48.0 Å². The molecule has 32 heavy (non-hydrogen) atoms. The Morgan fingerprint density at radius 3 is 2.28 bits per heavy atom. The second-order valence-corrected chi connectivity index (χ2v) is 9.50. The summed E-state index contributed by atoms with van der Waals surface area (Å²) in [6, 6.07) is 11.3. The third-order valence-electron chi connectivity index (χ3n) is 5.32. The summed E-state index contributed by atoms with van der Waals surface area (Å²) in [5.41, 5.74) is 4.82. The summed E-state index contributed by atoms with van der Waals surface area (Å²) < 4.78 is 38.6. The Balaban J connectivity index is 1.91. The maximum absolute atomic E-state index is 13.5. The van der Waals surface area contributed by atoms with Crippen LogP contribution in [0.2, 0.25) is 0 Å². The Morgan fingerprint density at radius 2 is 1.66 bits per heavy atom. The maximum Gasteiger partial charge on any atom is 0.264 e. The van der Waals surface area contributed by atoms with E-state index in [1.54, 1.807) is 24.3 Å². The van der Waals surface area contributed by atoms with Crippen LogP contribution < -0.4 is 19.2 Å². The molecule has 0 spiro atoms. The first-order chi connectivity index (χ1) is 15.3. The SMILES string of the molecule is COc1ccc(S(=O)(=O)N(CC(=O)NN=C2CCCCC2)c2ccc(C)cc2)cc1OC. The van der Waals surface area contributed by atoms with Crippen molar-refractivity contribution < 1.29 is 22.7 Å². The molecule has 1 saturated carbocycles. The Bertz CT molecular complexity index is 1070. The monoisotopic (exact) mass is 459 g/mol. The van der Waals surface area contributed by atoms with Gasteiger partial charge in [-0.15, -0.1) is 0 Å². The highest BCUT2D eigenvalue weighted by molar-refractivity contribution is 7.92. The lowest BCUT2D eigenvalue weighted by Crippen LogP contribution is -2.39. The number of carbonyl (C=O) groups excluding carboxylic acids is 1. The quantitative estimate of drug-likeness (QED) is 0.608. The molecule has 0 radical (unpaired) electrons. The molecule has 9 heteroatoms. The van der Waals surface area contributed by atoms with Gasteiger partial charge in [0.2, 0.25) is 0 Å². The molecule has 0 unspecified atom stereocenters. The molecule has 1 N–H and O–H groups in total. The normalized spacial score (nSPS) is 13.9. The summed E-state index contributed by atoms with van der Waals surface area (Å²) in [7, 11) is -1.16. The van der Waals surface area contributed by atoms with Gasteiger partial charge in [-0.2, -0.15) is 5.10 Å². The van der Waals surface area contributed by atoms with Gasteiger partial charge < -0.3 is 9.47 Å². The summed E-state index contributed by atoms with van der Waals surface area (Å²) >= 11 is 0. The summed E-state index contributed by atoms with van der Waals surface area (Å²) in [6.45, 7) is 1.50. The molecular weight excluding hydrogens is 430 g/mol. The van der Waals surface area contributed by atoms with Crippen LogP contribution in [0.15, 0.2) is 52.5 Å². The van der Waals surface area contributed by atoms with Gasteiger partial charge in [0.05, 0.1) is 24.8 Å². The number of aryl methyl sites for hydroxylation is 1. The molecule has 0 saturated heterocycles. The maximum atomic E-state index is 13.5. The van der Waals surface area contributed by atoms with Crippen LogP contribution in [0.5, 0.6) is 11.5 Å². The molecule has 2 aromatic rings. The topological polar surface area (TPSA) is 97.3 Å². The van der Waals surface area contributed by atoms with Crippen molar-refractivity contribution in [3.63, 3.8) is 0 Å². The lowest BCUT2D eigenvalue weighted by molar-refractivity contribution is -0.119. The van der Waals surface area contributed by atoms with E-state index in [-0.39, 0.29) is 10.6 Å². The first kappa shape index (κ1) is 23.6. The molecule has 172 valence electrons. The van der Waals surface area contributed by atoms with E-state index in [0.717, 1.165) is 47.7 Å². The van der Waals surface area contributed by atoms with E-state index in [1.807, 2.05) is 6.92 Å². The second kappa shape index (κ2) is 10.5. The second-order valence-electron chi connectivity index (χ2n) is 7.64. The largest absolute Gasteiger partial charge is 0.493 e. The number of rotatable bonds is 8. The number of amides is 1. The molecule has 0 aliphatic heterocycles. The molecule has 0 heterocycles. The predicted molar refractivity (Wildman–Crippen MR) is 124 cm³/mol. The number of nitrogens with zero attached hydrogens (tertiary/aromatic N) is 2. The van der Waals surface area contributed by atoms with Gasteiger partial charge in [-0.05, 0) is 56.9 Å². The van der Waals surface area contributed by atoms with Crippen molar-refractivity contribution in [2.45, 2.75) is 43.9 Å². The molecule has 1 aliphatic carbocycles. The number of anilines is 1. The number of methoxy groups -OCH3 is 2. The zero-order valence-corrected chi connectivity index (χ0v) is 19.4. The minimum Gasteiger partial charge on any atom is -0.493 e. The molecule has 1 amide bonds. The smallest absolute Gasteiger partial charge is 0.264 e. The Kier molecular flexibility index (Phi) is 7.74. The number of benzene rings is 2. The highest BCUT2D eigenvalue weighted by atomic mass is 32.2. The number of hydrogen-bond acceptors (Lipinski definition) is 6. The van der Waals surface area contributed by atoms with Crippen LogP contribution in [0.3, 0.4) is 0 Å². The van der Waals surface area contributed by atoms with Crippen LogP contribution in [-0.2, 0) is 14.8 Å². The van der Waals surface area contributed by atoms with E-state index in [0.29, 0.717) is 11.4 Å². The Morgan fingerprint density at radius 1 is 1.00 bits per heavy atom. The van der Waals surface area contributed by atoms with Crippen molar-refractivity contribution in [3.8, 4) is 11.5 Å². The highest BCUT2D eigenvalue weighted by Crippen LogP contribution is 2.32. The van der Waals surface area contributed by atoms with Gasteiger partial charge in [0.25, 0.3) is 15.9 Å². The van der Waals surface area contributed by atoms with Gasteiger partial charge in [0.1, 0.15) is 6.54 Å². The first-order valence-corrected chi connectivity index (χ1v) is 11.9. The van der Waals surface area contributed by atoms with E-state index >= 15 is 0 Å². The minimum atomic E-state index is -4.07. The molecule has 0 atom stereocenters. The van der Waals surface area contributed by atoms with Gasteiger partial charge >= 0.3 is 0 Å². The van der Waals surface area contributed by atoms with Crippen LogP contribution in [0, 0.1) is 6.92 Å². The van der Waals surface area contributed by atoms with Crippen LogP contribution in [0.25, 0.3) is 0 Å². The Labute approximate surface area is 189 Å². The van der Waals surface area contributed by atoms with Gasteiger partial charge in [0, 0.05) is 11.8 Å². The molecule has 1 fully saturated rings. The lowest BCUT2D eigenvalue weighted by atomic mass is 9.99. The van der Waals surface area contributed by atoms with Gasteiger partial charge in [-0.25, -0.2) is 13.8 Å². The van der Waals surface area contributed by atoms with Crippen molar-refractivity contribution in [2.75, 3.05) is 25.1 Å². The van der Waals surface area contributed by atoms with Crippen LogP contribution in [0.1, 0.15) is 37.7 Å². The fourth-order valence-electron chi connectivity index (χ4n) is 3.51. The van der Waals surface area contributed by atoms with E-state index in [9.17, 15) is 13.2 Å². The van der Waals surface area contributed by atoms with Crippen LogP contribution in [0.4, 0.5) is 5.69 Å². The standard InChI is InChI=1S/C23H29N3O5S/c1-17-9-11-19(12-10-17)26(16-23(27)25-24-18-7-5-4-6-8-18)32(28,29)20-13-14-21(30-2)22(15-20)31-3/h9-15H,4-8,16H2,1-3H3,(H,25,27). The number of hydrogen-bond donors (Lipinski definition) is 1. The summed E-state index contributed by atoms with van der Waals surface area (Å²) in [5.74, 6) is 0.188. The zero-order chi connectivity index (χ0) is 23.1. The average Bonchev–Trinajstić information content (AvgIpc) is 2.82. The molecule has 0 aromatic heterocycles. The lowest BCUT2D eigenvalue weighted by Gasteiger charge is -2.24. The number of sulfonamides is 1. The van der Waals surface area contributed by atoms with E-state index in [4.69, 9.17) is 9.47 Å². The van der Waals surface area contributed by atoms with E-state index < -0.39 is 22.5 Å². The fourth-order valence-corrected chi connectivity index (χ4v) is 4.95. The number of carbonyl (C=O) groups is 1. The predicted octanol–water partition coefficient (Wildman–Crippen LogP) is 3.64. The van der Waals surface area contributed by atoms with Crippen molar-refractivity contribution in [2.24, 2.45) is 5.10 Å². The summed E-state index contributed by atoms with van der Waals surface area (Å²) in [6.07, 6.45) is 4.98. The number of hydrazone groups is 1. The third-order valence-corrected chi connectivity index (χ3v) is 7.09. The van der Waals surface area contributed by atoms with Gasteiger partial charge in [-0.3, -0.25) is 9.10 Å². The van der Waals surface area contributed by atoms with Gasteiger partial charge in [-0.1, -0.05) is 24.1 Å². The molecule has 0 bridgehead atoms. The fraction of sp³-hybridized carbons (Fsp3) is 0.391. The highest BCUT2D eigenvalue weighted by Gasteiger charge is 2.28. The van der Waals surface area contributed by atoms with Crippen molar-refractivity contribution >= 4 is 27.3 Å². The Hall–Kier alpha value is -3.07. The first-order valence-electron chi connectivity index (χ1n) is 10.5. The number of ether oxygens (including phenoxy) is 2. The third kappa shape index (κ3) is 5.59. The van der Waals surface area contributed by atoms with Crippen molar-refractivity contribution in [1.29, 1.82) is 0 Å². The minimum absolute atomic E-state index is 0.0119. The van der Waals surface area contributed by atoms with Crippen LogP contribution >= 0.6 is 0 Å². The number of nitrogens with one attached hydrogen (secondary N) is 1. The zero-order valence-electron chi connectivity index (χ0n) is 18.6. The van der Waals surface area contributed by atoms with E-state index in [1.165, 1.54) is 32.4 Å². The molecule has 1 aliphatic rings. The summed E-state index contributed by atoms with van der Waals surface area (Å²) in [4.78, 5) is 12.7. The van der Waals surface area contributed by atoms with E-state index in [2.05, 4.69) is 10.5 Å². The molecular formula is C23H29N3O5S.